The molecule has 0 heterocycles. The Labute approximate surface area is 183 Å². The van der Waals surface area contributed by atoms with Gasteiger partial charge in [0.05, 0.1) is 15.6 Å². The number of carbonyl (C=O) groups excluding carboxylic acids is 1. The minimum Gasteiger partial charge on any atom is -0.323 e. The molecule has 3 aromatic rings. The van der Waals surface area contributed by atoms with Crippen molar-refractivity contribution in [2.24, 2.45) is 0 Å². The van der Waals surface area contributed by atoms with Gasteiger partial charge in [0.25, 0.3) is 0 Å². The molecule has 30 heavy (non-hydrogen) atoms. The van der Waals surface area contributed by atoms with Crippen LogP contribution in [-0.2, 0) is 21.2 Å². The molecule has 0 aliphatic carbocycles. The van der Waals surface area contributed by atoms with E-state index in [2.05, 4.69) is 10.0 Å². The van der Waals surface area contributed by atoms with Crippen molar-refractivity contribution in [1.29, 1.82) is 0 Å². The van der Waals surface area contributed by atoms with Gasteiger partial charge < -0.3 is 5.32 Å². The number of hydrogen-bond donors (Lipinski definition) is 2. The van der Waals surface area contributed by atoms with Crippen LogP contribution >= 0.6 is 23.2 Å². The topological polar surface area (TPSA) is 75.3 Å². The third kappa shape index (κ3) is 5.79. The van der Waals surface area contributed by atoms with Gasteiger partial charge >= 0.3 is 0 Å². The Morgan fingerprint density at radius 3 is 2.27 bits per heavy atom. The zero-order valence-corrected chi connectivity index (χ0v) is 17.8. The summed E-state index contributed by atoms with van der Waals surface area (Å²) in [6, 6.07) is 16.7. The van der Waals surface area contributed by atoms with E-state index in [4.69, 9.17) is 23.2 Å². The molecule has 0 aromatic heterocycles. The normalized spacial score (nSPS) is 12.4. The molecule has 0 spiro atoms. The van der Waals surface area contributed by atoms with E-state index in [1.807, 2.05) is 6.07 Å². The quantitative estimate of drug-likeness (QED) is 0.531. The van der Waals surface area contributed by atoms with Crippen molar-refractivity contribution < 1.29 is 17.6 Å². The lowest BCUT2D eigenvalue weighted by molar-refractivity contribution is -0.117. The van der Waals surface area contributed by atoms with Crippen molar-refractivity contribution in [1.82, 2.24) is 4.72 Å². The number of carbonyl (C=O) groups is 1. The molecular weight excluding hydrogens is 450 g/mol. The van der Waals surface area contributed by atoms with Crippen molar-refractivity contribution in [3.8, 4) is 0 Å². The van der Waals surface area contributed by atoms with E-state index >= 15 is 0 Å². The largest absolute Gasteiger partial charge is 0.323 e. The Morgan fingerprint density at radius 2 is 1.63 bits per heavy atom. The lowest BCUT2D eigenvalue weighted by Gasteiger charge is -2.19. The average molecular weight is 467 g/mol. The second-order valence-electron chi connectivity index (χ2n) is 6.43. The fraction of sp³-hybridized carbons (Fsp3) is 0.0952. The first-order valence-corrected chi connectivity index (χ1v) is 11.1. The summed E-state index contributed by atoms with van der Waals surface area (Å²) in [5.74, 6) is -1.17. The van der Waals surface area contributed by atoms with Crippen molar-refractivity contribution in [3.05, 3.63) is 94.2 Å². The predicted octanol–water partition coefficient (Wildman–Crippen LogP) is 4.66. The molecule has 3 rings (SSSR count). The zero-order chi connectivity index (χ0) is 21.7. The van der Waals surface area contributed by atoms with Crippen LogP contribution in [0, 0.1) is 5.82 Å². The Balaban J connectivity index is 1.87. The highest BCUT2D eigenvalue weighted by Crippen LogP contribution is 2.25. The zero-order valence-electron chi connectivity index (χ0n) is 15.5. The number of hydrogen-bond acceptors (Lipinski definition) is 3. The molecule has 0 fully saturated rings. The highest BCUT2D eigenvalue weighted by molar-refractivity contribution is 7.89. The summed E-state index contributed by atoms with van der Waals surface area (Å²) in [4.78, 5) is 12.8. The van der Waals surface area contributed by atoms with Crippen molar-refractivity contribution >= 4 is 44.8 Å². The van der Waals surface area contributed by atoms with Gasteiger partial charge in [-0.25, -0.2) is 12.8 Å². The summed E-state index contributed by atoms with van der Waals surface area (Å²) in [7, 11) is -4.08. The molecule has 0 radical (unpaired) electrons. The Morgan fingerprint density at radius 1 is 0.967 bits per heavy atom. The molecule has 0 aliphatic heterocycles. The van der Waals surface area contributed by atoms with Crippen LogP contribution in [0.25, 0.3) is 0 Å². The molecular formula is C21H17Cl2FN2O3S. The summed E-state index contributed by atoms with van der Waals surface area (Å²) in [5, 5.41) is 3.24. The molecule has 9 heteroatoms. The molecule has 156 valence electrons. The molecule has 0 aliphatic rings. The van der Waals surface area contributed by atoms with Crippen molar-refractivity contribution in [3.63, 3.8) is 0 Å². The molecule has 1 atom stereocenters. The van der Waals surface area contributed by atoms with Crippen molar-refractivity contribution in [2.45, 2.75) is 17.4 Å². The SMILES string of the molecule is O=C(Nc1ccc(Cl)cc1Cl)C(Cc1ccccc1)NS(=O)(=O)c1ccc(F)cc1. The highest BCUT2D eigenvalue weighted by Gasteiger charge is 2.26. The third-order valence-corrected chi connectivity index (χ3v) is 6.24. The number of anilines is 1. The van der Waals surface area contributed by atoms with Gasteiger partial charge in [0.1, 0.15) is 11.9 Å². The average Bonchev–Trinajstić information content (AvgIpc) is 2.70. The van der Waals surface area contributed by atoms with Gasteiger partial charge in [-0.2, -0.15) is 4.72 Å². The van der Waals surface area contributed by atoms with Gasteiger partial charge in [0.15, 0.2) is 0 Å². The monoisotopic (exact) mass is 466 g/mol. The van der Waals surface area contributed by atoms with E-state index < -0.39 is 27.8 Å². The van der Waals surface area contributed by atoms with E-state index in [9.17, 15) is 17.6 Å². The number of halogens is 3. The third-order valence-electron chi connectivity index (χ3n) is 4.21. The van der Waals surface area contributed by atoms with Gasteiger partial charge in [0, 0.05) is 5.02 Å². The molecule has 2 N–H and O–H groups in total. The van der Waals surface area contributed by atoms with E-state index in [1.165, 1.54) is 12.1 Å². The number of sulfonamides is 1. The summed E-state index contributed by atoms with van der Waals surface area (Å²) < 4.78 is 41.1. The van der Waals surface area contributed by atoms with Crippen molar-refractivity contribution in [2.75, 3.05) is 5.32 Å². The minimum absolute atomic E-state index is 0.0955. The second kappa shape index (κ2) is 9.57. The Hall–Kier alpha value is -2.45. The van der Waals surface area contributed by atoms with Gasteiger partial charge in [-0.1, -0.05) is 53.5 Å². The lowest BCUT2D eigenvalue weighted by atomic mass is 10.1. The maximum absolute atomic E-state index is 13.2. The van der Waals surface area contributed by atoms with Crippen LogP contribution in [0.3, 0.4) is 0 Å². The molecule has 0 saturated carbocycles. The lowest BCUT2D eigenvalue weighted by Crippen LogP contribution is -2.45. The first-order valence-electron chi connectivity index (χ1n) is 8.82. The van der Waals surface area contributed by atoms with Crippen LogP contribution in [0.5, 0.6) is 0 Å². The summed E-state index contributed by atoms with van der Waals surface area (Å²) >= 11 is 12.0. The smallest absolute Gasteiger partial charge is 0.242 e. The standard InChI is InChI=1S/C21H17Cl2FN2O3S/c22-15-6-11-19(18(23)13-15)25-21(27)20(12-14-4-2-1-3-5-14)26-30(28,29)17-9-7-16(24)8-10-17/h1-11,13,20,26H,12H2,(H,25,27). The van der Waals surface area contributed by atoms with Gasteiger partial charge in [-0.3, -0.25) is 4.79 Å². The van der Waals surface area contributed by atoms with Gasteiger partial charge in [0.2, 0.25) is 15.9 Å². The first-order chi connectivity index (χ1) is 14.2. The van der Waals surface area contributed by atoms with E-state index in [0.29, 0.717) is 10.7 Å². The van der Waals surface area contributed by atoms with Crippen LogP contribution in [0.15, 0.2) is 77.7 Å². The molecule has 5 nitrogen and oxygen atoms in total. The fourth-order valence-corrected chi connectivity index (χ4v) is 4.37. The predicted molar refractivity (Wildman–Crippen MR) is 116 cm³/mol. The maximum atomic E-state index is 13.2. The summed E-state index contributed by atoms with van der Waals surface area (Å²) in [5.41, 5.74) is 1.05. The molecule has 3 aromatic carbocycles. The fourth-order valence-electron chi connectivity index (χ4n) is 2.72. The molecule has 1 amide bonds. The van der Waals surface area contributed by atoms with Crippen LogP contribution in [-0.4, -0.2) is 20.4 Å². The van der Waals surface area contributed by atoms with E-state index in [-0.39, 0.29) is 16.3 Å². The number of rotatable bonds is 7. The molecule has 1 unspecified atom stereocenters. The summed E-state index contributed by atoms with van der Waals surface area (Å²) in [6.45, 7) is 0. The first kappa shape index (κ1) is 22.2. The molecule has 0 bridgehead atoms. The van der Waals surface area contributed by atoms with Gasteiger partial charge in [-0.05, 0) is 54.4 Å². The van der Waals surface area contributed by atoms with E-state index in [0.717, 1.165) is 29.8 Å². The number of benzene rings is 3. The Bertz CT molecular complexity index is 1140. The number of amides is 1. The van der Waals surface area contributed by atoms with Gasteiger partial charge in [-0.15, -0.1) is 0 Å². The minimum atomic E-state index is -4.08. The van der Waals surface area contributed by atoms with E-state index in [1.54, 1.807) is 30.3 Å². The molecule has 0 saturated heterocycles. The second-order valence-corrected chi connectivity index (χ2v) is 8.99. The summed E-state index contributed by atoms with van der Waals surface area (Å²) in [6.07, 6.45) is 0.0955. The number of nitrogens with one attached hydrogen (secondary N) is 2. The van der Waals surface area contributed by atoms with Crippen LogP contribution < -0.4 is 10.0 Å². The van der Waals surface area contributed by atoms with Crippen LogP contribution in [0.1, 0.15) is 5.56 Å². The van der Waals surface area contributed by atoms with Crippen LogP contribution in [0.2, 0.25) is 10.0 Å². The highest BCUT2D eigenvalue weighted by atomic mass is 35.5. The maximum Gasteiger partial charge on any atom is 0.242 e. The van der Waals surface area contributed by atoms with Crippen LogP contribution in [0.4, 0.5) is 10.1 Å². The Kier molecular flexibility index (Phi) is 7.10.